The van der Waals surface area contributed by atoms with E-state index in [1.165, 1.54) is 0 Å². The highest BCUT2D eigenvalue weighted by Gasteiger charge is 2.12. The van der Waals surface area contributed by atoms with Gasteiger partial charge in [0.1, 0.15) is 11.5 Å². The Morgan fingerprint density at radius 1 is 0.600 bits per heavy atom. The number of aryl methyl sites for hydroxylation is 4. The van der Waals surface area contributed by atoms with E-state index < -0.39 is 30.9 Å². The summed E-state index contributed by atoms with van der Waals surface area (Å²) in [5, 5.41) is 0. The van der Waals surface area contributed by atoms with Gasteiger partial charge in [0, 0.05) is 0 Å². The lowest BCUT2D eigenvalue weighted by molar-refractivity contribution is -0.154. The number of benzene rings is 2. The van der Waals surface area contributed by atoms with Crippen LogP contribution in [0.5, 0.6) is 11.5 Å². The fraction of sp³-hybridized carbons (Fsp3) is 0.348. The minimum atomic E-state index is -0.689. The topological polar surface area (TPSA) is 88.1 Å². The van der Waals surface area contributed by atoms with Crippen LogP contribution in [0.15, 0.2) is 36.4 Å². The largest absolute Gasteiger partial charge is 0.482 e. The third-order valence-electron chi connectivity index (χ3n) is 4.46. The van der Waals surface area contributed by atoms with Crippen molar-refractivity contribution in [2.45, 2.75) is 27.7 Å². The first-order chi connectivity index (χ1) is 14.2. The Morgan fingerprint density at radius 3 is 1.37 bits per heavy atom. The number of esters is 2. The average Bonchev–Trinajstić information content (AvgIpc) is 2.72. The molecule has 7 heteroatoms. The molecule has 0 bridgehead atoms. The third-order valence-corrected chi connectivity index (χ3v) is 4.46. The molecule has 0 N–H and O–H groups in total. The normalized spacial score (nSPS) is 10.3. The van der Waals surface area contributed by atoms with Gasteiger partial charge in [-0.15, -0.1) is 0 Å². The number of Topliss-reactive ketones (excluding diaryl/α,β-unsaturated/α-hetero) is 1. The van der Waals surface area contributed by atoms with Gasteiger partial charge in [-0.05, 0) is 74.2 Å². The molecule has 30 heavy (non-hydrogen) atoms. The summed E-state index contributed by atoms with van der Waals surface area (Å²) in [7, 11) is 0. The summed E-state index contributed by atoms with van der Waals surface area (Å²) in [4.78, 5) is 35.1. The van der Waals surface area contributed by atoms with Gasteiger partial charge in [-0.3, -0.25) is 4.79 Å². The van der Waals surface area contributed by atoms with E-state index in [1.807, 2.05) is 52.0 Å². The molecular weight excluding hydrogens is 388 g/mol. The number of hydrogen-bond acceptors (Lipinski definition) is 7. The molecule has 0 aliphatic rings. The van der Waals surface area contributed by atoms with Crippen LogP contribution in [-0.2, 0) is 23.9 Å². The van der Waals surface area contributed by atoms with Gasteiger partial charge in [0.05, 0.1) is 0 Å². The van der Waals surface area contributed by atoms with E-state index in [1.54, 1.807) is 12.1 Å². The van der Waals surface area contributed by atoms with Crippen molar-refractivity contribution in [3.05, 3.63) is 58.7 Å². The van der Waals surface area contributed by atoms with E-state index in [4.69, 9.17) is 18.9 Å². The Balaban J connectivity index is 1.62. The van der Waals surface area contributed by atoms with Crippen LogP contribution in [0, 0.1) is 27.7 Å². The van der Waals surface area contributed by atoms with Crippen LogP contribution in [0.3, 0.4) is 0 Å². The SMILES string of the molecule is Cc1ccc(OCC(=O)OCC(=O)COC(=O)COc2ccc(C)c(C)c2)cc1C. The van der Waals surface area contributed by atoms with Crippen LogP contribution in [0.4, 0.5) is 0 Å². The quantitative estimate of drug-likeness (QED) is 0.552. The van der Waals surface area contributed by atoms with Gasteiger partial charge in [-0.25, -0.2) is 9.59 Å². The van der Waals surface area contributed by atoms with Gasteiger partial charge in [-0.1, -0.05) is 12.1 Å². The molecule has 0 aliphatic carbocycles. The summed E-state index contributed by atoms with van der Waals surface area (Å²) >= 11 is 0. The summed E-state index contributed by atoms with van der Waals surface area (Å²) < 4.78 is 20.3. The zero-order chi connectivity index (χ0) is 22.1. The van der Waals surface area contributed by atoms with Crippen molar-refractivity contribution in [2.24, 2.45) is 0 Å². The molecule has 0 saturated heterocycles. The van der Waals surface area contributed by atoms with Crippen LogP contribution in [0.2, 0.25) is 0 Å². The Hall–Kier alpha value is -3.35. The molecular formula is C23H26O7. The lowest BCUT2D eigenvalue weighted by atomic mass is 10.1. The second-order valence-electron chi connectivity index (χ2n) is 6.93. The molecule has 0 aromatic heterocycles. The standard InChI is InChI=1S/C23H26O7/c1-15-5-7-20(9-17(15)3)27-13-22(25)29-11-19(24)12-30-23(26)14-28-21-8-6-16(2)18(4)10-21/h5-10H,11-14H2,1-4H3. The molecule has 0 heterocycles. The van der Waals surface area contributed by atoms with Crippen LogP contribution >= 0.6 is 0 Å². The molecule has 0 saturated carbocycles. The Labute approximate surface area is 175 Å². The zero-order valence-corrected chi connectivity index (χ0v) is 17.7. The Bertz CT molecular complexity index is 844. The van der Waals surface area contributed by atoms with Crippen LogP contribution in [-0.4, -0.2) is 44.1 Å². The van der Waals surface area contributed by atoms with Crippen LogP contribution in [0.25, 0.3) is 0 Å². The molecule has 0 radical (unpaired) electrons. The first-order valence-corrected chi connectivity index (χ1v) is 9.47. The molecule has 0 aliphatic heterocycles. The Morgan fingerprint density at radius 2 is 1.00 bits per heavy atom. The summed E-state index contributed by atoms with van der Waals surface area (Å²) in [5.41, 5.74) is 4.31. The molecule has 7 nitrogen and oxygen atoms in total. The molecule has 0 spiro atoms. The van der Waals surface area contributed by atoms with Crippen molar-refractivity contribution in [2.75, 3.05) is 26.4 Å². The maximum absolute atomic E-state index is 11.7. The highest BCUT2D eigenvalue weighted by molar-refractivity contribution is 5.85. The third kappa shape index (κ3) is 7.58. The van der Waals surface area contributed by atoms with Crippen molar-refractivity contribution in [3.8, 4) is 11.5 Å². The lowest BCUT2D eigenvalue weighted by Crippen LogP contribution is -2.24. The second-order valence-corrected chi connectivity index (χ2v) is 6.93. The van der Waals surface area contributed by atoms with E-state index in [0.717, 1.165) is 22.3 Å². The average molecular weight is 414 g/mol. The van der Waals surface area contributed by atoms with Gasteiger partial charge in [0.2, 0.25) is 5.78 Å². The number of ether oxygens (including phenoxy) is 4. The lowest BCUT2D eigenvalue weighted by Gasteiger charge is -2.09. The number of ketones is 1. The second kappa shape index (κ2) is 11.0. The van der Waals surface area contributed by atoms with E-state index in [-0.39, 0.29) is 13.2 Å². The van der Waals surface area contributed by atoms with Gasteiger partial charge in [0.25, 0.3) is 0 Å². The fourth-order valence-electron chi connectivity index (χ4n) is 2.34. The molecule has 0 fully saturated rings. The maximum atomic E-state index is 11.7. The van der Waals surface area contributed by atoms with Gasteiger partial charge in [-0.2, -0.15) is 0 Å². The first kappa shape index (κ1) is 22.9. The predicted molar refractivity (Wildman–Crippen MR) is 110 cm³/mol. The van der Waals surface area contributed by atoms with E-state index in [9.17, 15) is 14.4 Å². The molecule has 160 valence electrons. The minimum absolute atomic E-state index is 0.320. The highest BCUT2D eigenvalue weighted by Crippen LogP contribution is 2.17. The van der Waals surface area contributed by atoms with E-state index >= 15 is 0 Å². The summed E-state index contributed by atoms with van der Waals surface area (Å²) in [6.07, 6.45) is 0. The minimum Gasteiger partial charge on any atom is -0.482 e. The molecule has 2 aromatic carbocycles. The zero-order valence-electron chi connectivity index (χ0n) is 17.7. The summed E-state index contributed by atoms with van der Waals surface area (Å²) in [6.45, 7) is 6.18. The summed E-state index contributed by atoms with van der Waals surface area (Å²) in [5.74, 6) is -0.843. The van der Waals surface area contributed by atoms with Crippen molar-refractivity contribution in [1.29, 1.82) is 0 Å². The predicted octanol–water partition coefficient (Wildman–Crippen LogP) is 3.03. The number of carbonyl (C=O) groups excluding carboxylic acids is 3. The summed E-state index contributed by atoms with van der Waals surface area (Å²) in [6, 6.07) is 10.9. The number of carbonyl (C=O) groups is 3. The van der Waals surface area contributed by atoms with E-state index in [2.05, 4.69) is 0 Å². The van der Waals surface area contributed by atoms with E-state index in [0.29, 0.717) is 11.5 Å². The smallest absolute Gasteiger partial charge is 0.344 e. The first-order valence-electron chi connectivity index (χ1n) is 9.47. The van der Waals surface area contributed by atoms with Crippen molar-refractivity contribution < 1.29 is 33.3 Å². The Kier molecular flexibility index (Phi) is 8.41. The van der Waals surface area contributed by atoms with Crippen molar-refractivity contribution in [3.63, 3.8) is 0 Å². The molecule has 0 amide bonds. The van der Waals surface area contributed by atoms with Crippen molar-refractivity contribution >= 4 is 17.7 Å². The number of rotatable bonds is 10. The molecule has 0 unspecified atom stereocenters. The molecule has 2 aromatic rings. The van der Waals surface area contributed by atoms with Crippen molar-refractivity contribution in [1.82, 2.24) is 0 Å². The fourth-order valence-corrected chi connectivity index (χ4v) is 2.34. The van der Waals surface area contributed by atoms with Gasteiger partial charge in [0.15, 0.2) is 26.4 Å². The highest BCUT2D eigenvalue weighted by atomic mass is 16.6. The van der Waals surface area contributed by atoms with Crippen LogP contribution in [0.1, 0.15) is 22.3 Å². The number of hydrogen-bond donors (Lipinski definition) is 0. The van der Waals surface area contributed by atoms with Gasteiger partial charge < -0.3 is 18.9 Å². The molecule has 2 rings (SSSR count). The maximum Gasteiger partial charge on any atom is 0.344 e. The van der Waals surface area contributed by atoms with Gasteiger partial charge >= 0.3 is 11.9 Å². The molecule has 0 atom stereocenters. The van der Waals surface area contributed by atoms with Crippen LogP contribution < -0.4 is 9.47 Å². The monoisotopic (exact) mass is 414 g/mol.